The summed E-state index contributed by atoms with van der Waals surface area (Å²) in [4.78, 5) is 42.6. The zero-order valence-corrected chi connectivity index (χ0v) is 24.7. The number of ether oxygens (including phenoxy) is 2. The van der Waals surface area contributed by atoms with Crippen molar-refractivity contribution in [3.63, 3.8) is 0 Å². The van der Waals surface area contributed by atoms with Crippen molar-refractivity contribution in [2.75, 3.05) is 74.1 Å². The predicted octanol–water partition coefficient (Wildman–Crippen LogP) is 3.34. The van der Waals surface area contributed by atoms with Gasteiger partial charge in [0.2, 0.25) is 0 Å². The fraction of sp³-hybridized carbons (Fsp3) is 0.419. The Bertz CT molecular complexity index is 1730. The molecule has 42 heavy (non-hydrogen) atoms. The SMILES string of the molecule is CC(C)Oc1c(N2CCN(Cc3cc4nc(-c5cccc6c5C=CCN6)nc(N5CCOCC5)c4s3)CC2)c(=O)c1=O. The molecule has 2 aromatic heterocycles. The topological polar surface area (TPSA) is 100 Å². The number of rotatable bonds is 7. The van der Waals surface area contributed by atoms with Crippen LogP contribution >= 0.6 is 11.3 Å². The average molecular weight is 587 g/mol. The summed E-state index contributed by atoms with van der Waals surface area (Å²) in [6.45, 7) is 11.2. The molecule has 2 saturated heterocycles. The number of fused-ring (bicyclic) bond motifs is 2. The fourth-order valence-electron chi connectivity index (χ4n) is 5.93. The average Bonchev–Trinajstić information content (AvgIpc) is 3.43. The number of benzene rings is 1. The van der Waals surface area contributed by atoms with Gasteiger partial charge in [0.05, 0.1) is 29.5 Å². The summed E-state index contributed by atoms with van der Waals surface area (Å²) >= 11 is 1.76. The first-order chi connectivity index (χ1) is 20.5. The van der Waals surface area contributed by atoms with Crippen LogP contribution in [-0.2, 0) is 11.3 Å². The maximum absolute atomic E-state index is 12.3. The van der Waals surface area contributed by atoms with Crippen LogP contribution in [0.5, 0.6) is 5.75 Å². The molecule has 0 spiro atoms. The van der Waals surface area contributed by atoms with Gasteiger partial charge in [-0.15, -0.1) is 11.3 Å². The summed E-state index contributed by atoms with van der Waals surface area (Å²) < 4.78 is 12.4. The van der Waals surface area contributed by atoms with Crippen LogP contribution in [0.2, 0.25) is 0 Å². The first-order valence-electron chi connectivity index (χ1n) is 14.6. The third kappa shape index (κ3) is 4.95. The van der Waals surface area contributed by atoms with Gasteiger partial charge in [-0.05, 0) is 26.0 Å². The first kappa shape index (κ1) is 27.1. The second kappa shape index (κ2) is 11.1. The van der Waals surface area contributed by atoms with E-state index in [0.717, 1.165) is 77.9 Å². The van der Waals surface area contributed by atoms with Gasteiger partial charge >= 0.3 is 0 Å². The summed E-state index contributed by atoms with van der Waals surface area (Å²) in [5.41, 5.74) is 3.71. The van der Waals surface area contributed by atoms with E-state index in [1.54, 1.807) is 11.3 Å². The third-order valence-electron chi connectivity index (χ3n) is 8.02. The fourth-order valence-corrected chi connectivity index (χ4v) is 7.09. The van der Waals surface area contributed by atoms with Crippen LogP contribution in [0.3, 0.4) is 0 Å². The van der Waals surface area contributed by atoms with Gasteiger partial charge in [0.25, 0.3) is 10.9 Å². The van der Waals surface area contributed by atoms with E-state index in [4.69, 9.17) is 19.4 Å². The number of aromatic nitrogens is 2. The highest BCUT2D eigenvalue weighted by Crippen LogP contribution is 2.37. The number of hydrogen-bond acceptors (Lipinski definition) is 11. The molecule has 0 atom stereocenters. The predicted molar refractivity (Wildman–Crippen MR) is 168 cm³/mol. The van der Waals surface area contributed by atoms with Gasteiger partial charge in [-0.25, -0.2) is 9.97 Å². The normalized spacial score (nSPS) is 17.7. The zero-order valence-electron chi connectivity index (χ0n) is 23.9. The molecule has 0 unspecified atom stereocenters. The highest BCUT2D eigenvalue weighted by molar-refractivity contribution is 7.19. The molecule has 10 nitrogen and oxygen atoms in total. The van der Waals surface area contributed by atoms with E-state index in [0.29, 0.717) is 32.0 Å². The molecule has 2 aromatic carbocycles. The van der Waals surface area contributed by atoms with Crippen molar-refractivity contribution in [1.82, 2.24) is 14.9 Å². The Morgan fingerprint density at radius 1 is 1.02 bits per heavy atom. The summed E-state index contributed by atoms with van der Waals surface area (Å²) in [6, 6.07) is 8.46. The molecular formula is C31H34N6O4S. The van der Waals surface area contributed by atoms with Crippen molar-refractivity contribution >= 4 is 44.8 Å². The van der Waals surface area contributed by atoms with Crippen molar-refractivity contribution < 1.29 is 9.47 Å². The third-order valence-corrected chi connectivity index (χ3v) is 9.13. The maximum atomic E-state index is 12.3. The standard InChI is InChI=1S/C31H34N6O4S/c1-19(2)41-28-25(26(38)27(28)39)36-11-9-35(10-12-36)18-20-17-24-29(42-20)31(37-13-15-40-16-14-37)34-30(33-24)22-5-3-7-23-21(22)6-4-8-32-23/h3-7,17,19,32H,8-16,18H2,1-2H3. The lowest BCUT2D eigenvalue weighted by Gasteiger charge is -2.36. The lowest BCUT2D eigenvalue weighted by molar-refractivity contribution is 0.122. The molecule has 0 aliphatic carbocycles. The van der Waals surface area contributed by atoms with Crippen LogP contribution in [0.15, 0.2) is 39.9 Å². The van der Waals surface area contributed by atoms with Gasteiger partial charge in [0.15, 0.2) is 17.4 Å². The molecule has 1 N–H and O–H groups in total. The number of piperazine rings is 1. The lowest BCUT2D eigenvalue weighted by atomic mass is 10.0. The molecule has 2 fully saturated rings. The Morgan fingerprint density at radius 2 is 1.83 bits per heavy atom. The minimum atomic E-state index is -0.508. The molecule has 7 rings (SSSR count). The Balaban J connectivity index is 1.15. The minimum absolute atomic E-state index is 0.146. The van der Waals surface area contributed by atoms with Crippen LogP contribution in [0.4, 0.5) is 17.2 Å². The summed E-state index contributed by atoms with van der Waals surface area (Å²) in [7, 11) is 0. The van der Waals surface area contributed by atoms with Crippen LogP contribution in [0.1, 0.15) is 24.3 Å². The Hall–Kier alpha value is -3.80. The van der Waals surface area contributed by atoms with E-state index in [2.05, 4.69) is 51.5 Å². The number of nitrogens with one attached hydrogen (secondary N) is 1. The smallest absolute Gasteiger partial charge is 0.272 e. The molecule has 3 aliphatic rings. The second-order valence-electron chi connectivity index (χ2n) is 11.2. The first-order valence-corrected chi connectivity index (χ1v) is 15.4. The number of hydrogen-bond donors (Lipinski definition) is 1. The Morgan fingerprint density at radius 3 is 2.62 bits per heavy atom. The highest BCUT2D eigenvalue weighted by atomic mass is 32.1. The second-order valence-corrected chi connectivity index (χ2v) is 12.3. The number of anilines is 3. The maximum Gasteiger partial charge on any atom is 0.272 e. The quantitative estimate of drug-likeness (QED) is 0.325. The van der Waals surface area contributed by atoms with E-state index in [-0.39, 0.29) is 11.9 Å². The van der Waals surface area contributed by atoms with Crippen LogP contribution < -0.4 is 30.7 Å². The molecule has 5 heterocycles. The molecule has 0 bridgehead atoms. The molecule has 3 aliphatic heterocycles. The Labute approximate surface area is 247 Å². The zero-order chi connectivity index (χ0) is 28.8. The van der Waals surface area contributed by atoms with E-state index in [9.17, 15) is 9.59 Å². The molecule has 0 saturated carbocycles. The van der Waals surface area contributed by atoms with Crippen LogP contribution in [-0.4, -0.2) is 80.0 Å². The van der Waals surface area contributed by atoms with Crippen LogP contribution in [0, 0.1) is 0 Å². The van der Waals surface area contributed by atoms with E-state index < -0.39 is 10.9 Å². The van der Waals surface area contributed by atoms with E-state index in [1.807, 2.05) is 18.7 Å². The highest BCUT2D eigenvalue weighted by Gasteiger charge is 2.31. The lowest BCUT2D eigenvalue weighted by Crippen LogP contribution is -2.51. The van der Waals surface area contributed by atoms with Crippen molar-refractivity contribution in [1.29, 1.82) is 0 Å². The summed E-state index contributed by atoms with van der Waals surface area (Å²) in [5, 5.41) is 3.45. The number of thiophene rings is 1. The number of nitrogens with zero attached hydrogens (tertiary/aromatic N) is 5. The summed E-state index contributed by atoms with van der Waals surface area (Å²) in [6.07, 6.45) is 4.14. The van der Waals surface area contributed by atoms with Crippen molar-refractivity contribution in [3.05, 3.63) is 61.2 Å². The van der Waals surface area contributed by atoms with Gasteiger partial charge in [-0.2, -0.15) is 0 Å². The van der Waals surface area contributed by atoms with Crippen molar-refractivity contribution in [2.24, 2.45) is 0 Å². The van der Waals surface area contributed by atoms with Crippen molar-refractivity contribution in [3.8, 4) is 17.1 Å². The van der Waals surface area contributed by atoms with E-state index >= 15 is 0 Å². The largest absolute Gasteiger partial charge is 0.485 e. The van der Waals surface area contributed by atoms with Gasteiger partial charge in [0.1, 0.15) is 5.69 Å². The monoisotopic (exact) mass is 586 g/mol. The van der Waals surface area contributed by atoms with Gasteiger partial charge in [-0.1, -0.05) is 24.3 Å². The summed E-state index contributed by atoms with van der Waals surface area (Å²) in [5.74, 6) is 1.94. The molecule has 4 aromatic rings. The van der Waals surface area contributed by atoms with Gasteiger partial charge < -0.3 is 24.6 Å². The number of morpholine rings is 1. The van der Waals surface area contributed by atoms with Crippen LogP contribution in [0.25, 0.3) is 27.7 Å². The van der Waals surface area contributed by atoms with E-state index in [1.165, 1.54) is 4.88 Å². The molecule has 11 heteroatoms. The van der Waals surface area contributed by atoms with Gasteiger partial charge in [-0.3, -0.25) is 14.5 Å². The molecule has 0 radical (unpaired) electrons. The van der Waals surface area contributed by atoms with Gasteiger partial charge in [0, 0.05) is 74.0 Å². The Kier molecular flexibility index (Phi) is 7.17. The molecular weight excluding hydrogens is 552 g/mol. The minimum Gasteiger partial charge on any atom is -0.485 e. The van der Waals surface area contributed by atoms with Crippen molar-refractivity contribution in [2.45, 2.75) is 26.5 Å². The molecule has 218 valence electrons. The molecule has 0 amide bonds.